The molecule has 0 amide bonds. The predicted molar refractivity (Wildman–Crippen MR) is 146 cm³/mol. The molecule has 1 spiro atoms. The van der Waals surface area contributed by atoms with Crippen LogP contribution < -0.4 is 10.2 Å². The topological polar surface area (TPSA) is 57.7 Å². The minimum Gasteiger partial charge on any atom is -0.461 e. The summed E-state index contributed by atoms with van der Waals surface area (Å²) >= 11 is 0. The summed E-state index contributed by atoms with van der Waals surface area (Å²) in [5.41, 5.74) is 4.00. The van der Waals surface area contributed by atoms with Gasteiger partial charge in [0.15, 0.2) is 0 Å². The van der Waals surface area contributed by atoms with Crippen LogP contribution in [0.25, 0.3) is 0 Å². The highest BCUT2D eigenvalue weighted by molar-refractivity contribution is 5.70. The quantitative estimate of drug-likeness (QED) is 0.437. The van der Waals surface area contributed by atoms with Crippen molar-refractivity contribution in [3.63, 3.8) is 0 Å². The number of benzene rings is 1. The van der Waals surface area contributed by atoms with Gasteiger partial charge in [-0.05, 0) is 48.5 Å². The Morgan fingerprint density at radius 2 is 1.94 bits per heavy atom. The van der Waals surface area contributed by atoms with Crippen LogP contribution in [-0.4, -0.2) is 48.1 Å². The highest BCUT2D eigenvalue weighted by Gasteiger charge is 2.59. The zero-order chi connectivity index (χ0) is 25.8. The minimum atomic E-state index is -0.148. The summed E-state index contributed by atoms with van der Waals surface area (Å²) in [6.07, 6.45) is 4.71. The summed E-state index contributed by atoms with van der Waals surface area (Å²) in [4.78, 5) is 22.1. The van der Waals surface area contributed by atoms with Crippen molar-refractivity contribution in [1.82, 2.24) is 15.2 Å². The van der Waals surface area contributed by atoms with E-state index in [0.717, 1.165) is 50.6 Å². The smallest absolute Gasteiger partial charge is 0.306 e. The third kappa shape index (κ3) is 6.65. The Kier molecular flexibility index (Phi) is 8.36. The van der Waals surface area contributed by atoms with Gasteiger partial charge in [0.05, 0.1) is 6.42 Å². The second-order valence-electron chi connectivity index (χ2n) is 11.8. The first kappa shape index (κ1) is 26.6. The number of carbonyl (C=O) groups is 1. The molecule has 6 heteroatoms. The van der Waals surface area contributed by atoms with E-state index in [-0.39, 0.29) is 18.0 Å². The number of carbonyl (C=O) groups excluding carboxylic acids is 1. The van der Waals surface area contributed by atoms with Gasteiger partial charge in [-0.15, -0.1) is 0 Å². The number of nitrogens with zero attached hydrogens (tertiary/aromatic N) is 3. The fraction of sp³-hybridized carbons (Fsp3) is 0.600. The van der Waals surface area contributed by atoms with Crippen LogP contribution in [0.15, 0.2) is 42.6 Å². The summed E-state index contributed by atoms with van der Waals surface area (Å²) in [5.74, 6) is 0.827. The molecule has 0 bridgehead atoms. The molecule has 1 aliphatic carbocycles. The molecule has 2 aromatic rings. The van der Waals surface area contributed by atoms with E-state index in [0.29, 0.717) is 17.9 Å². The van der Waals surface area contributed by atoms with Crippen LogP contribution in [0.4, 0.5) is 5.82 Å². The van der Waals surface area contributed by atoms with Gasteiger partial charge in [-0.3, -0.25) is 9.69 Å². The summed E-state index contributed by atoms with van der Waals surface area (Å²) in [7, 11) is 0. The Morgan fingerprint density at radius 1 is 1.19 bits per heavy atom. The highest BCUT2D eigenvalue weighted by Crippen LogP contribution is 2.56. The molecule has 2 aliphatic rings. The third-order valence-corrected chi connectivity index (χ3v) is 7.60. The first-order chi connectivity index (χ1) is 17.2. The molecule has 0 radical (unpaired) electrons. The van der Waals surface area contributed by atoms with Gasteiger partial charge in [0, 0.05) is 49.4 Å². The van der Waals surface area contributed by atoms with Crippen LogP contribution in [0, 0.1) is 10.8 Å². The van der Waals surface area contributed by atoms with Crippen LogP contribution in [0.1, 0.15) is 70.6 Å². The lowest BCUT2D eigenvalue weighted by Crippen LogP contribution is -2.31. The average molecular weight is 493 g/mol. The van der Waals surface area contributed by atoms with Crippen LogP contribution >= 0.6 is 0 Å². The maximum atomic E-state index is 12.3. The van der Waals surface area contributed by atoms with Gasteiger partial charge in [-0.1, -0.05) is 65.0 Å². The first-order valence-corrected chi connectivity index (χ1v) is 13.6. The van der Waals surface area contributed by atoms with Gasteiger partial charge in [0.25, 0.3) is 0 Å². The molecule has 1 aliphatic heterocycles. The molecule has 1 saturated carbocycles. The highest BCUT2D eigenvalue weighted by atomic mass is 16.5. The summed E-state index contributed by atoms with van der Waals surface area (Å²) < 4.78 is 5.63. The van der Waals surface area contributed by atoms with Crippen LogP contribution in [-0.2, 0) is 29.2 Å². The molecule has 1 saturated heterocycles. The molecule has 1 aromatic heterocycles. The standard InChI is InChI=1S/C30H44N4O2/c1-6-31-19-23-10-12-24(13-11-23)20-33(7-2)26-17-30(26)14-16-34(22-30)28-25(9-8-15-32-28)21-36-27(35)18-29(3,4)5/h8-13,15,26,31H,6-7,14,16-22H2,1-5H3. The molecule has 2 fully saturated rings. The molecule has 1 aromatic carbocycles. The van der Waals surface area contributed by atoms with E-state index >= 15 is 0 Å². The Morgan fingerprint density at radius 3 is 2.64 bits per heavy atom. The van der Waals surface area contributed by atoms with E-state index < -0.39 is 0 Å². The summed E-state index contributed by atoms with van der Waals surface area (Å²) in [5, 5.41) is 3.40. The Balaban J connectivity index is 1.35. The fourth-order valence-corrected chi connectivity index (χ4v) is 5.54. The first-order valence-electron chi connectivity index (χ1n) is 13.6. The number of esters is 1. The van der Waals surface area contributed by atoms with Crippen molar-refractivity contribution in [1.29, 1.82) is 0 Å². The molecule has 2 atom stereocenters. The monoisotopic (exact) mass is 492 g/mol. The molecule has 36 heavy (non-hydrogen) atoms. The van der Waals surface area contributed by atoms with Crippen molar-refractivity contribution < 1.29 is 9.53 Å². The normalized spacial score (nSPS) is 21.4. The van der Waals surface area contributed by atoms with Crippen molar-refractivity contribution >= 4 is 11.8 Å². The van der Waals surface area contributed by atoms with E-state index in [2.05, 4.69) is 74.0 Å². The van der Waals surface area contributed by atoms with Crippen molar-refractivity contribution in [3.05, 3.63) is 59.3 Å². The Bertz CT molecular complexity index is 1020. The maximum Gasteiger partial charge on any atom is 0.306 e. The van der Waals surface area contributed by atoms with Gasteiger partial charge in [-0.2, -0.15) is 0 Å². The largest absolute Gasteiger partial charge is 0.461 e. The Hall–Kier alpha value is -2.44. The maximum absolute atomic E-state index is 12.3. The molecular weight excluding hydrogens is 448 g/mol. The van der Waals surface area contributed by atoms with Crippen molar-refractivity contribution in [2.75, 3.05) is 31.1 Å². The van der Waals surface area contributed by atoms with Crippen molar-refractivity contribution in [3.8, 4) is 0 Å². The lowest BCUT2D eigenvalue weighted by atomic mass is 9.92. The zero-order valence-electron chi connectivity index (χ0n) is 22.8. The van der Waals surface area contributed by atoms with Crippen LogP contribution in [0.5, 0.6) is 0 Å². The average Bonchev–Trinajstić information content (AvgIpc) is 3.38. The molecule has 2 heterocycles. The second kappa shape index (κ2) is 11.3. The van der Waals surface area contributed by atoms with E-state index in [9.17, 15) is 4.79 Å². The van der Waals surface area contributed by atoms with Gasteiger partial charge in [0.1, 0.15) is 12.4 Å². The number of aromatic nitrogens is 1. The fourth-order valence-electron chi connectivity index (χ4n) is 5.54. The van der Waals surface area contributed by atoms with E-state index in [1.807, 2.05) is 18.3 Å². The molecule has 4 rings (SSSR count). The number of anilines is 1. The number of hydrogen-bond acceptors (Lipinski definition) is 6. The summed E-state index contributed by atoms with van der Waals surface area (Å²) in [6, 6.07) is 13.7. The number of hydrogen-bond donors (Lipinski definition) is 1. The number of rotatable bonds is 11. The molecule has 1 N–H and O–H groups in total. The SMILES string of the molecule is CCNCc1ccc(CN(CC)C2CC23CCN(c2ncccc2COC(=O)CC(C)(C)C)C3)cc1. The number of pyridine rings is 1. The lowest BCUT2D eigenvalue weighted by Gasteiger charge is -2.25. The third-order valence-electron chi connectivity index (χ3n) is 7.60. The van der Waals surface area contributed by atoms with E-state index in [4.69, 9.17) is 9.72 Å². The zero-order valence-corrected chi connectivity index (χ0v) is 22.8. The van der Waals surface area contributed by atoms with Gasteiger partial charge in [0.2, 0.25) is 0 Å². The van der Waals surface area contributed by atoms with Crippen molar-refractivity contribution in [2.45, 2.75) is 79.6 Å². The molecule has 2 unspecified atom stereocenters. The molecule has 196 valence electrons. The van der Waals surface area contributed by atoms with E-state index in [1.54, 1.807) is 0 Å². The van der Waals surface area contributed by atoms with E-state index in [1.165, 1.54) is 24.0 Å². The van der Waals surface area contributed by atoms with Gasteiger partial charge < -0.3 is 15.0 Å². The minimum absolute atomic E-state index is 0.0728. The van der Waals surface area contributed by atoms with Crippen LogP contribution in [0.2, 0.25) is 0 Å². The molecular formula is C30H44N4O2. The predicted octanol–water partition coefficient (Wildman–Crippen LogP) is 5.16. The Labute approximate surface area is 217 Å². The van der Waals surface area contributed by atoms with Gasteiger partial charge in [-0.25, -0.2) is 4.98 Å². The molecule has 6 nitrogen and oxygen atoms in total. The van der Waals surface area contributed by atoms with Gasteiger partial charge >= 0.3 is 5.97 Å². The number of ether oxygens (including phenoxy) is 1. The number of nitrogens with one attached hydrogen (secondary N) is 1. The summed E-state index contributed by atoms with van der Waals surface area (Å²) in [6.45, 7) is 16.9. The van der Waals surface area contributed by atoms with Crippen molar-refractivity contribution in [2.24, 2.45) is 10.8 Å². The second-order valence-corrected chi connectivity index (χ2v) is 11.8. The lowest BCUT2D eigenvalue weighted by molar-refractivity contribution is -0.147. The van der Waals surface area contributed by atoms with Crippen LogP contribution in [0.3, 0.4) is 0 Å².